The van der Waals surface area contributed by atoms with E-state index in [1.165, 1.54) is 0 Å². The van der Waals surface area contributed by atoms with Crippen molar-refractivity contribution in [3.05, 3.63) is 55.2 Å². The molecule has 5 heterocycles. The second-order valence-corrected chi connectivity index (χ2v) is 7.21. The first-order chi connectivity index (χ1) is 14.8. The molecule has 0 unspecified atom stereocenters. The molecule has 1 aliphatic heterocycles. The maximum absolute atomic E-state index is 5.45. The fourth-order valence-electron chi connectivity index (χ4n) is 3.83. The number of anilines is 1. The van der Waals surface area contributed by atoms with Gasteiger partial charge < -0.3 is 9.64 Å². The minimum atomic E-state index is 0.713. The molecule has 4 aromatic heterocycles. The minimum absolute atomic E-state index is 0.713. The molecule has 1 aliphatic rings. The van der Waals surface area contributed by atoms with Gasteiger partial charge in [0.1, 0.15) is 24.2 Å². The molecular weight excluding hydrogens is 380 g/mol. The molecule has 1 fully saturated rings. The Hall–Kier alpha value is -3.85. The van der Waals surface area contributed by atoms with Crippen LogP contribution in [0.5, 0.6) is 0 Å². The number of nitrogens with zero attached hydrogens (tertiary/aromatic N) is 7. The van der Waals surface area contributed by atoms with Crippen molar-refractivity contribution in [2.24, 2.45) is 0 Å². The summed E-state index contributed by atoms with van der Waals surface area (Å²) >= 11 is 0. The number of H-pyrrole nitrogens is 1. The predicted molar refractivity (Wildman–Crippen MR) is 112 cm³/mol. The first-order valence-electron chi connectivity index (χ1n) is 9.78. The second kappa shape index (κ2) is 6.89. The summed E-state index contributed by atoms with van der Waals surface area (Å²) in [5.41, 5.74) is 5.56. The summed E-state index contributed by atoms with van der Waals surface area (Å²) in [6.07, 6.45) is 5.33. The zero-order valence-electron chi connectivity index (χ0n) is 16.1. The average molecular weight is 398 g/mol. The van der Waals surface area contributed by atoms with Crippen LogP contribution in [0.2, 0.25) is 0 Å². The molecule has 1 aromatic carbocycles. The highest BCUT2D eigenvalue weighted by Crippen LogP contribution is 2.30. The van der Waals surface area contributed by atoms with E-state index in [0.717, 1.165) is 58.0 Å². The molecule has 9 heteroatoms. The van der Waals surface area contributed by atoms with Gasteiger partial charge in [0, 0.05) is 30.7 Å². The van der Waals surface area contributed by atoms with E-state index in [0.29, 0.717) is 13.2 Å². The van der Waals surface area contributed by atoms with Gasteiger partial charge in [-0.05, 0) is 35.4 Å². The van der Waals surface area contributed by atoms with E-state index < -0.39 is 0 Å². The number of hydrogen-bond donors (Lipinski definition) is 1. The van der Waals surface area contributed by atoms with Crippen LogP contribution in [0, 0.1) is 0 Å². The molecule has 148 valence electrons. The van der Waals surface area contributed by atoms with Gasteiger partial charge in [0.05, 0.1) is 24.4 Å². The monoisotopic (exact) mass is 398 g/mol. The van der Waals surface area contributed by atoms with Crippen molar-refractivity contribution >= 4 is 22.4 Å². The van der Waals surface area contributed by atoms with Gasteiger partial charge >= 0.3 is 0 Å². The van der Waals surface area contributed by atoms with Crippen molar-refractivity contribution in [1.29, 1.82) is 0 Å². The van der Waals surface area contributed by atoms with Crippen molar-refractivity contribution < 1.29 is 4.74 Å². The number of benzene rings is 1. The molecule has 0 spiro atoms. The van der Waals surface area contributed by atoms with Crippen molar-refractivity contribution in [3.63, 3.8) is 0 Å². The molecule has 6 rings (SSSR count). The van der Waals surface area contributed by atoms with Crippen molar-refractivity contribution in [2.45, 2.75) is 0 Å². The van der Waals surface area contributed by atoms with Crippen LogP contribution in [-0.2, 0) is 4.74 Å². The Labute approximate surface area is 171 Å². The summed E-state index contributed by atoms with van der Waals surface area (Å²) < 4.78 is 7.36. The Bertz CT molecular complexity index is 1350. The average Bonchev–Trinajstić information content (AvgIpc) is 3.45. The number of hydrogen-bond acceptors (Lipinski definition) is 7. The van der Waals surface area contributed by atoms with Crippen molar-refractivity contribution in [2.75, 3.05) is 31.2 Å². The topological polar surface area (TPSA) is 97.1 Å². The van der Waals surface area contributed by atoms with Crippen LogP contribution in [-0.4, -0.2) is 61.1 Å². The van der Waals surface area contributed by atoms with Gasteiger partial charge in [-0.1, -0.05) is 6.07 Å². The van der Waals surface area contributed by atoms with Crippen LogP contribution in [0.4, 0.5) is 5.82 Å². The van der Waals surface area contributed by atoms with Crippen LogP contribution < -0.4 is 4.90 Å². The lowest BCUT2D eigenvalue weighted by Gasteiger charge is -2.27. The summed E-state index contributed by atoms with van der Waals surface area (Å²) in [7, 11) is 0. The molecule has 1 saturated heterocycles. The molecule has 9 nitrogen and oxygen atoms in total. The smallest absolute Gasteiger partial charge is 0.160 e. The molecule has 30 heavy (non-hydrogen) atoms. The highest BCUT2D eigenvalue weighted by molar-refractivity contribution is 5.95. The van der Waals surface area contributed by atoms with Crippen LogP contribution in [0.3, 0.4) is 0 Å². The van der Waals surface area contributed by atoms with Gasteiger partial charge in [-0.3, -0.25) is 9.50 Å². The molecule has 0 radical (unpaired) electrons. The van der Waals surface area contributed by atoms with E-state index in [4.69, 9.17) is 4.74 Å². The lowest BCUT2D eigenvalue weighted by Crippen LogP contribution is -2.36. The number of pyridine rings is 1. The number of rotatable bonds is 3. The lowest BCUT2D eigenvalue weighted by molar-refractivity contribution is 0.122. The van der Waals surface area contributed by atoms with Crippen molar-refractivity contribution in [3.8, 4) is 22.5 Å². The van der Waals surface area contributed by atoms with Gasteiger partial charge in [0.25, 0.3) is 0 Å². The molecule has 5 aromatic rings. The summed E-state index contributed by atoms with van der Waals surface area (Å²) in [4.78, 5) is 11.2. The maximum atomic E-state index is 5.45. The van der Waals surface area contributed by atoms with Gasteiger partial charge in [-0.15, -0.1) is 10.2 Å². The van der Waals surface area contributed by atoms with Gasteiger partial charge in [-0.2, -0.15) is 5.10 Å². The molecule has 0 amide bonds. The first-order valence-corrected chi connectivity index (χ1v) is 9.78. The minimum Gasteiger partial charge on any atom is -0.378 e. The Balaban J connectivity index is 1.42. The van der Waals surface area contributed by atoms with E-state index in [-0.39, 0.29) is 0 Å². The maximum Gasteiger partial charge on any atom is 0.160 e. The molecular formula is C21H18N8O. The Morgan fingerprint density at radius 2 is 1.87 bits per heavy atom. The van der Waals surface area contributed by atoms with Crippen molar-refractivity contribution in [1.82, 2.24) is 34.8 Å². The fraction of sp³-hybridized carbons (Fsp3) is 0.190. The number of ether oxygens (including phenoxy) is 1. The number of nitrogens with one attached hydrogen (secondary N) is 1. The molecule has 0 bridgehead atoms. The summed E-state index contributed by atoms with van der Waals surface area (Å²) in [5.74, 6) is 0.897. The quantitative estimate of drug-likeness (QED) is 0.499. The number of morpholine rings is 1. The standard InChI is InChI=1S/C21H18N8O/c1-3-17-16(9-14(1)15-2-4-19-26-24-13-29(19)11-15)21(27-25-17)18-10-20(23-12-22-18)28-5-7-30-8-6-28/h1-4,9-13H,5-8H2,(H,25,27). The van der Waals surface area contributed by atoms with E-state index in [1.54, 1.807) is 12.7 Å². The third-order valence-electron chi connectivity index (χ3n) is 5.42. The highest BCUT2D eigenvalue weighted by Gasteiger charge is 2.16. The number of fused-ring (bicyclic) bond motifs is 2. The normalized spacial score (nSPS) is 14.6. The second-order valence-electron chi connectivity index (χ2n) is 7.21. The Morgan fingerprint density at radius 3 is 2.80 bits per heavy atom. The largest absolute Gasteiger partial charge is 0.378 e. The van der Waals surface area contributed by atoms with Crippen LogP contribution in [0.15, 0.2) is 55.2 Å². The molecule has 0 atom stereocenters. The van der Waals surface area contributed by atoms with Gasteiger partial charge in [0.15, 0.2) is 5.65 Å². The third-order valence-corrected chi connectivity index (χ3v) is 5.42. The van der Waals surface area contributed by atoms with Gasteiger partial charge in [0.2, 0.25) is 0 Å². The molecule has 1 N–H and O–H groups in total. The van der Waals surface area contributed by atoms with Gasteiger partial charge in [-0.25, -0.2) is 9.97 Å². The SMILES string of the molecule is c1nc(-c2n[nH]c3ccc(-c4ccc5nncn5c4)cc23)cc(N2CCOCC2)n1. The lowest BCUT2D eigenvalue weighted by atomic mass is 10.0. The summed E-state index contributed by atoms with van der Waals surface area (Å²) in [5, 5.41) is 16.7. The fourth-order valence-corrected chi connectivity index (χ4v) is 3.83. The number of aromatic amines is 1. The third kappa shape index (κ3) is 2.87. The predicted octanol–water partition coefficient (Wildman–Crippen LogP) is 2.57. The molecule has 0 saturated carbocycles. The first kappa shape index (κ1) is 17.0. The Morgan fingerprint density at radius 1 is 0.967 bits per heavy atom. The molecule has 0 aliphatic carbocycles. The Kier molecular flexibility index (Phi) is 3.91. The van der Waals surface area contributed by atoms with E-state index in [1.807, 2.05) is 34.9 Å². The van der Waals surface area contributed by atoms with Crippen LogP contribution >= 0.6 is 0 Å². The number of aromatic nitrogens is 7. The van der Waals surface area contributed by atoms with Crippen LogP contribution in [0.25, 0.3) is 39.1 Å². The zero-order chi connectivity index (χ0) is 19.9. The summed E-state index contributed by atoms with van der Waals surface area (Å²) in [6, 6.07) is 12.3. The van der Waals surface area contributed by atoms with E-state index in [2.05, 4.69) is 47.4 Å². The van der Waals surface area contributed by atoms with Crippen LogP contribution in [0.1, 0.15) is 0 Å². The highest BCUT2D eigenvalue weighted by atomic mass is 16.5. The van der Waals surface area contributed by atoms with E-state index >= 15 is 0 Å². The summed E-state index contributed by atoms with van der Waals surface area (Å²) in [6.45, 7) is 3.08. The van der Waals surface area contributed by atoms with E-state index in [9.17, 15) is 0 Å². The zero-order valence-corrected chi connectivity index (χ0v) is 16.1.